The highest BCUT2D eigenvalue weighted by Gasteiger charge is 2.16. The van der Waals surface area contributed by atoms with Crippen LogP contribution in [0.15, 0.2) is 73.6 Å². The number of para-hydroxylation sites is 3. The SMILES string of the molecule is C[Si](C)(C)CCOCOc1cccc2c1ncn2COCC[Si](C)(C)C.C[Si](C)(C)CCOCOc1cccc2ncn(COCC[Si](C)(C)C)c12.Oc1cccc2[nH]cnc12. The molecule has 342 valence electrons. The zero-order valence-corrected chi connectivity index (χ0v) is 43.5. The lowest BCUT2D eigenvalue weighted by Gasteiger charge is -2.16. The maximum absolute atomic E-state index is 9.18. The fourth-order valence-electron chi connectivity index (χ4n) is 5.71. The van der Waals surface area contributed by atoms with E-state index in [9.17, 15) is 5.11 Å². The van der Waals surface area contributed by atoms with Gasteiger partial charge < -0.3 is 47.6 Å². The van der Waals surface area contributed by atoms with Gasteiger partial charge in [-0.3, -0.25) is 0 Å². The zero-order valence-electron chi connectivity index (χ0n) is 39.5. The van der Waals surface area contributed by atoms with Gasteiger partial charge in [-0.25, -0.2) is 15.0 Å². The third-order valence-corrected chi connectivity index (χ3v) is 16.5. The molecule has 6 aromatic rings. The summed E-state index contributed by atoms with van der Waals surface area (Å²) in [7, 11) is -4.26. The maximum Gasteiger partial charge on any atom is 0.189 e. The summed E-state index contributed by atoms with van der Waals surface area (Å²) in [5, 5.41) is 9.18. The second-order valence-electron chi connectivity index (χ2n) is 20.4. The molecule has 3 heterocycles. The fraction of sp³-hybridized carbons (Fsp3) is 0.533. The molecule has 3 aromatic carbocycles. The Morgan fingerprint density at radius 3 is 1.61 bits per heavy atom. The van der Waals surface area contributed by atoms with Crippen LogP contribution in [0.4, 0.5) is 0 Å². The van der Waals surface area contributed by atoms with Gasteiger partial charge in [-0.2, -0.15) is 0 Å². The van der Waals surface area contributed by atoms with Gasteiger partial charge in [-0.05, 0) is 60.6 Å². The van der Waals surface area contributed by atoms with Crippen LogP contribution >= 0.6 is 0 Å². The topological polar surface area (TPSA) is 140 Å². The molecule has 0 fully saturated rings. The van der Waals surface area contributed by atoms with E-state index in [-0.39, 0.29) is 19.3 Å². The molecule has 0 aliphatic carbocycles. The summed E-state index contributed by atoms with van der Waals surface area (Å²) in [6.45, 7) is 32.9. The van der Waals surface area contributed by atoms with Crippen molar-refractivity contribution in [2.24, 2.45) is 0 Å². The molecular formula is C45H74N6O7Si4. The highest BCUT2D eigenvalue weighted by atomic mass is 28.3. The maximum atomic E-state index is 9.18. The lowest BCUT2D eigenvalue weighted by molar-refractivity contribution is 0.0223. The Balaban J connectivity index is 0.000000222. The van der Waals surface area contributed by atoms with Gasteiger partial charge in [0.1, 0.15) is 47.3 Å². The molecule has 2 N–H and O–H groups in total. The van der Waals surface area contributed by atoms with E-state index >= 15 is 0 Å². The van der Waals surface area contributed by atoms with E-state index in [0.717, 1.165) is 83.6 Å². The van der Waals surface area contributed by atoms with Crippen molar-refractivity contribution in [2.75, 3.05) is 40.0 Å². The third-order valence-electron chi connectivity index (χ3n) is 9.68. The van der Waals surface area contributed by atoms with Crippen LogP contribution in [0.2, 0.25) is 103 Å². The number of hydrogen-bond donors (Lipinski definition) is 2. The number of aromatic hydroxyl groups is 1. The first kappa shape index (κ1) is 50.8. The number of phenols is 1. The van der Waals surface area contributed by atoms with E-state index in [2.05, 4.69) is 98.5 Å². The number of rotatable bonds is 22. The van der Waals surface area contributed by atoms with E-state index in [1.807, 2.05) is 64.3 Å². The molecule has 3 aromatic heterocycles. The minimum absolute atomic E-state index is 0.221. The third kappa shape index (κ3) is 18.5. The van der Waals surface area contributed by atoms with Gasteiger partial charge in [-0.1, -0.05) is 96.8 Å². The smallest absolute Gasteiger partial charge is 0.189 e. The Kier molecular flexibility index (Phi) is 19.5. The number of ether oxygens (including phenoxy) is 6. The van der Waals surface area contributed by atoms with Gasteiger partial charge in [0.2, 0.25) is 0 Å². The molecule has 0 saturated heterocycles. The van der Waals surface area contributed by atoms with Crippen molar-refractivity contribution >= 4 is 65.4 Å². The molecule has 0 atom stereocenters. The summed E-state index contributed by atoms with van der Waals surface area (Å²) < 4.78 is 38.7. The molecule has 0 amide bonds. The monoisotopic (exact) mass is 922 g/mol. The first-order chi connectivity index (χ1) is 29.2. The van der Waals surface area contributed by atoms with Crippen molar-refractivity contribution in [3.05, 3.63) is 73.6 Å². The Labute approximate surface area is 373 Å². The molecule has 0 aliphatic rings. The van der Waals surface area contributed by atoms with Gasteiger partial charge in [-0.15, -0.1) is 0 Å². The predicted molar refractivity (Wildman–Crippen MR) is 265 cm³/mol. The average Bonchev–Trinajstić information content (AvgIpc) is 3.94. The molecule has 0 bridgehead atoms. The molecule has 0 saturated carbocycles. The number of nitrogens with one attached hydrogen (secondary N) is 1. The number of aromatic nitrogens is 6. The van der Waals surface area contributed by atoms with Crippen LogP contribution in [0, 0.1) is 0 Å². The van der Waals surface area contributed by atoms with Crippen LogP contribution in [-0.4, -0.2) is 106 Å². The number of aromatic amines is 1. The van der Waals surface area contributed by atoms with Crippen molar-refractivity contribution in [2.45, 2.75) is 116 Å². The predicted octanol–water partition coefficient (Wildman–Crippen LogP) is 11.3. The highest BCUT2D eigenvalue weighted by molar-refractivity contribution is 6.77. The first-order valence-corrected chi connectivity index (χ1v) is 36.6. The number of phenolic OH excluding ortho intramolecular Hbond substituents is 1. The quantitative estimate of drug-likeness (QED) is 0.0384. The van der Waals surface area contributed by atoms with E-state index in [4.69, 9.17) is 28.4 Å². The van der Waals surface area contributed by atoms with Gasteiger partial charge >= 0.3 is 0 Å². The molecule has 17 heteroatoms. The minimum Gasteiger partial charge on any atom is -0.506 e. The molecule has 0 unspecified atom stereocenters. The van der Waals surface area contributed by atoms with E-state index in [1.54, 1.807) is 18.5 Å². The molecule has 62 heavy (non-hydrogen) atoms. The average molecular weight is 923 g/mol. The Bertz CT molecular complexity index is 2220. The van der Waals surface area contributed by atoms with E-state index in [0.29, 0.717) is 19.0 Å². The standard InChI is InChI=1S/2C19H34N2O3Si2.C7H6N2O/c1-25(2,3)12-10-22-15-21-14-20-19-17(21)8-7-9-18(19)24-16-23-11-13-26(4,5)6;1-25(2,3)12-10-22-15-21-14-20-17-8-7-9-18(19(17)21)24-16-23-11-13-26(4,5)6;10-6-3-1-2-5-7(6)9-4-8-5/h2*7-9,14H,10-13,15-16H2,1-6H3;1-4,10H,(H,8,9). The fourth-order valence-corrected chi connectivity index (χ4v) is 8.73. The first-order valence-electron chi connectivity index (χ1n) is 21.7. The molecule has 0 radical (unpaired) electrons. The summed E-state index contributed by atoms with van der Waals surface area (Å²) in [6.07, 6.45) is 5.20. The lowest BCUT2D eigenvalue weighted by Crippen LogP contribution is -2.22. The molecule has 6 rings (SSSR count). The summed E-state index contributed by atoms with van der Waals surface area (Å²) in [5.74, 6) is 1.77. The molecule has 13 nitrogen and oxygen atoms in total. The summed E-state index contributed by atoms with van der Waals surface area (Å²) in [5.41, 5.74) is 5.25. The Morgan fingerprint density at radius 2 is 1.03 bits per heavy atom. The van der Waals surface area contributed by atoms with Crippen LogP contribution in [0.25, 0.3) is 33.1 Å². The second kappa shape index (κ2) is 23.7. The van der Waals surface area contributed by atoms with Gasteiger partial charge in [0, 0.05) is 58.7 Å². The minimum atomic E-state index is -1.07. The Morgan fingerprint density at radius 1 is 0.532 bits per heavy atom. The van der Waals surface area contributed by atoms with Gasteiger partial charge in [0.05, 0.1) is 35.5 Å². The molecular weight excluding hydrogens is 849 g/mol. The lowest BCUT2D eigenvalue weighted by atomic mass is 10.3. The largest absolute Gasteiger partial charge is 0.506 e. The van der Waals surface area contributed by atoms with Crippen molar-refractivity contribution in [3.8, 4) is 17.2 Å². The number of hydrogen-bond acceptors (Lipinski definition) is 10. The van der Waals surface area contributed by atoms with Crippen molar-refractivity contribution in [3.63, 3.8) is 0 Å². The number of nitrogens with zero attached hydrogens (tertiary/aromatic N) is 5. The summed E-state index contributed by atoms with van der Waals surface area (Å²) in [6, 6.07) is 21.8. The van der Waals surface area contributed by atoms with Crippen molar-refractivity contribution in [1.82, 2.24) is 29.1 Å². The number of H-pyrrole nitrogens is 1. The highest BCUT2D eigenvalue weighted by Crippen LogP contribution is 2.26. The van der Waals surface area contributed by atoms with E-state index in [1.165, 1.54) is 6.04 Å². The number of fused-ring (bicyclic) bond motifs is 3. The normalized spacial score (nSPS) is 12.3. The van der Waals surface area contributed by atoms with E-state index < -0.39 is 32.3 Å². The molecule has 0 aliphatic heterocycles. The van der Waals surface area contributed by atoms with Gasteiger partial charge in [0.15, 0.2) is 13.6 Å². The summed E-state index contributed by atoms with van der Waals surface area (Å²) in [4.78, 5) is 15.8. The van der Waals surface area contributed by atoms with Gasteiger partial charge in [0.25, 0.3) is 0 Å². The van der Waals surface area contributed by atoms with Crippen molar-refractivity contribution in [1.29, 1.82) is 0 Å². The van der Waals surface area contributed by atoms with Crippen LogP contribution in [-0.2, 0) is 32.4 Å². The van der Waals surface area contributed by atoms with Crippen LogP contribution in [0.3, 0.4) is 0 Å². The second-order valence-corrected chi connectivity index (χ2v) is 42.9. The van der Waals surface area contributed by atoms with Crippen LogP contribution in [0.1, 0.15) is 0 Å². The molecule has 0 spiro atoms. The van der Waals surface area contributed by atoms with Crippen LogP contribution < -0.4 is 9.47 Å². The number of benzene rings is 3. The van der Waals surface area contributed by atoms with Crippen LogP contribution in [0.5, 0.6) is 17.2 Å². The number of imidazole rings is 3. The Hall–Kier alpha value is -3.82. The zero-order chi connectivity index (χ0) is 45.4. The summed E-state index contributed by atoms with van der Waals surface area (Å²) >= 11 is 0. The van der Waals surface area contributed by atoms with Crippen molar-refractivity contribution < 1.29 is 33.5 Å².